The van der Waals surface area contributed by atoms with Gasteiger partial charge in [0.25, 0.3) is 0 Å². The van der Waals surface area contributed by atoms with Crippen molar-refractivity contribution in [2.45, 2.75) is 26.3 Å². The first-order valence-electron chi connectivity index (χ1n) is 9.44. The average Bonchev–Trinajstić information content (AvgIpc) is 3.09. The van der Waals surface area contributed by atoms with Gasteiger partial charge in [0, 0.05) is 23.4 Å². The molecule has 1 heterocycles. The number of hydrogen-bond donors (Lipinski definition) is 2. The van der Waals surface area contributed by atoms with Gasteiger partial charge in [-0.3, -0.25) is 4.79 Å². The van der Waals surface area contributed by atoms with Crippen LogP contribution in [0.25, 0.3) is 22.3 Å². The van der Waals surface area contributed by atoms with Gasteiger partial charge in [0.15, 0.2) is 0 Å². The Hall–Kier alpha value is -3.88. The summed E-state index contributed by atoms with van der Waals surface area (Å²) in [6, 6.07) is 8.12. The third kappa shape index (κ3) is 4.50. The van der Waals surface area contributed by atoms with Crippen molar-refractivity contribution in [1.29, 1.82) is 0 Å². The zero-order valence-corrected chi connectivity index (χ0v) is 17.2. The predicted molar refractivity (Wildman–Crippen MR) is 110 cm³/mol. The van der Waals surface area contributed by atoms with Gasteiger partial charge in [-0.05, 0) is 42.8 Å². The minimum Gasteiger partial charge on any atom is -0.496 e. The molecule has 0 fully saturated rings. The second-order valence-electron chi connectivity index (χ2n) is 6.77. The lowest BCUT2D eigenvalue weighted by Crippen LogP contribution is -2.25. The Labute approximate surface area is 177 Å². The van der Waals surface area contributed by atoms with Crippen molar-refractivity contribution in [1.82, 2.24) is 5.32 Å². The lowest BCUT2D eigenvalue weighted by molar-refractivity contribution is -0.119. The van der Waals surface area contributed by atoms with Crippen LogP contribution in [-0.4, -0.2) is 25.1 Å². The minimum atomic E-state index is -1.27. The van der Waals surface area contributed by atoms with Gasteiger partial charge < -0.3 is 24.9 Å². The van der Waals surface area contributed by atoms with E-state index in [2.05, 4.69) is 10.1 Å². The number of furan rings is 1. The molecular formula is C22H21FN2O6. The number of nitrogens with two attached hydrogens (primary N) is 1. The molecule has 1 atom stereocenters. The fourth-order valence-electron chi connectivity index (χ4n) is 3.38. The summed E-state index contributed by atoms with van der Waals surface area (Å²) >= 11 is 0. The van der Waals surface area contributed by atoms with Crippen LogP contribution in [0.2, 0.25) is 0 Å². The fourth-order valence-corrected chi connectivity index (χ4v) is 3.38. The van der Waals surface area contributed by atoms with Gasteiger partial charge >= 0.3 is 12.1 Å². The van der Waals surface area contributed by atoms with Gasteiger partial charge in [0.1, 0.15) is 28.5 Å². The van der Waals surface area contributed by atoms with Gasteiger partial charge in [0.2, 0.25) is 5.91 Å². The molecule has 0 radical (unpaired) electrons. The van der Waals surface area contributed by atoms with Crippen molar-refractivity contribution in [2.75, 3.05) is 7.11 Å². The summed E-state index contributed by atoms with van der Waals surface area (Å²) in [5.41, 5.74) is 6.27. The summed E-state index contributed by atoms with van der Waals surface area (Å²) in [6.07, 6.45) is -0.700. The monoisotopic (exact) mass is 428 g/mol. The smallest absolute Gasteiger partial charge is 0.412 e. The van der Waals surface area contributed by atoms with Crippen LogP contribution < -0.4 is 15.8 Å². The van der Waals surface area contributed by atoms with E-state index in [0.29, 0.717) is 28.7 Å². The van der Waals surface area contributed by atoms with Crippen LogP contribution in [0.4, 0.5) is 9.18 Å². The highest BCUT2D eigenvalue weighted by Gasteiger charge is 2.27. The summed E-state index contributed by atoms with van der Waals surface area (Å²) in [7, 11) is 1.45. The predicted octanol–water partition coefficient (Wildman–Crippen LogP) is 4.07. The van der Waals surface area contributed by atoms with Crippen molar-refractivity contribution in [3.63, 3.8) is 0 Å². The molecule has 2 amide bonds. The zero-order valence-electron chi connectivity index (χ0n) is 17.2. The lowest BCUT2D eigenvalue weighted by atomic mass is 9.99. The number of rotatable bonds is 6. The molecule has 0 aliphatic rings. The Kier molecular flexibility index (Phi) is 6.24. The van der Waals surface area contributed by atoms with Crippen LogP contribution in [0.1, 0.15) is 42.2 Å². The SMILES string of the molecule is CCC(NC(C)=O)c1cc2oc(-c3ccc(F)cc3)c(C(=O)OC(N)=O)c2cc1OC. The third-order valence-electron chi connectivity index (χ3n) is 4.71. The topological polar surface area (TPSA) is 121 Å². The van der Waals surface area contributed by atoms with Crippen LogP contribution in [0.5, 0.6) is 5.75 Å². The number of nitrogens with one attached hydrogen (secondary N) is 1. The highest BCUT2D eigenvalue weighted by molar-refractivity contribution is 6.11. The Bertz CT molecular complexity index is 1150. The molecule has 1 unspecified atom stereocenters. The summed E-state index contributed by atoms with van der Waals surface area (Å²) < 4.78 is 29.4. The number of methoxy groups -OCH3 is 1. The van der Waals surface area contributed by atoms with E-state index in [1.54, 1.807) is 12.1 Å². The summed E-state index contributed by atoms with van der Waals surface area (Å²) in [5.74, 6) is -1.23. The largest absolute Gasteiger partial charge is 0.496 e. The Morgan fingerprint density at radius 2 is 1.87 bits per heavy atom. The van der Waals surface area contributed by atoms with Crippen LogP contribution in [0.15, 0.2) is 40.8 Å². The summed E-state index contributed by atoms with van der Waals surface area (Å²) in [4.78, 5) is 35.4. The molecule has 0 aliphatic heterocycles. The minimum absolute atomic E-state index is 0.0576. The zero-order chi connectivity index (χ0) is 22.7. The van der Waals surface area contributed by atoms with Gasteiger partial charge in [-0.15, -0.1) is 0 Å². The molecule has 9 heteroatoms. The standard InChI is InChI=1S/C22H21FN2O6/c1-4-16(25-11(2)26)14-9-18-15(10-17(14)29-3)19(21(27)31-22(24)28)20(30-18)12-5-7-13(23)8-6-12/h5-10,16H,4H2,1-3H3,(H2,24,28)(H,25,26). The number of halogens is 1. The molecule has 0 bridgehead atoms. The van der Waals surface area contributed by atoms with Gasteiger partial charge in [-0.1, -0.05) is 6.92 Å². The molecule has 0 saturated carbocycles. The molecule has 2 aromatic carbocycles. The molecule has 162 valence electrons. The van der Waals surface area contributed by atoms with Gasteiger partial charge in [-0.25, -0.2) is 14.0 Å². The van der Waals surface area contributed by atoms with E-state index in [1.807, 2.05) is 6.92 Å². The Balaban J connectivity index is 2.27. The second-order valence-corrected chi connectivity index (χ2v) is 6.77. The number of esters is 1. The number of primary amides is 1. The number of amides is 2. The van der Waals surface area contributed by atoms with Crippen LogP contribution in [-0.2, 0) is 9.53 Å². The maximum absolute atomic E-state index is 13.4. The molecule has 8 nitrogen and oxygen atoms in total. The van der Waals surface area contributed by atoms with Crippen molar-refractivity contribution in [3.8, 4) is 17.1 Å². The second kappa shape index (κ2) is 8.86. The van der Waals surface area contributed by atoms with Crippen molar-refractivity contribution < 1.29 is 32.7 Å². The van der Waals surface area contributed by atoms with E-state index in [4.69, 9.17) is 14.9 Å². The Morgan fingerprint density at radius 3 is 2.42 bits per heavy atom. The number of benzene rings is 2. The van der Waals surface area contributed by atoms with Crippen LogP contribution >= 0.6 is 0 Å². The molecule has 0 aliphatic carbocycles. The molecular weight excluding hydrogens is 407 g/mol. The van der Waals surface area contributed by atoms with Gasteiger partial charge in [-0.2, -0.15) is 0 Å². The van der Waals surface area contributed by atoms with Crippen molar-refractivity contribution >= 4 is 28.9 Å². The van der Waals surface area contributed by atoms with E-state index in [0.717, 1.165) is 0 Å². The number of carbonyl (C=O) groups is 3. The molecule has 31 heavy (non-hydrogen) atoms. The first-order valence-corrected chi connectivity index (χ1v) is 9.44. The first-order chi connectivity index (χ1) is 14.7. The maximum Gasteiger partial charge on any atom is 0.412 e. The van der Waals surface area contributed by atoms with Crippen LogP contribution in [0.3, 0.4) is 0 Å². The van der Waals surface area contributed by atoms with Crippen molar-refractivity contribution in [3.05, 3.63) is 53.3 Å². The fraction of sp³-hybridized carbons (Fsp3) is 0.227. The van der Waals surface area contributed by atoms with E-state index in [-0.39, 0.29) is 28.9 Å². The normalized spacial score (nSPS) is 11.7. The van der Waals surface area contributed by atoms with E-state index >= 15 is 0 Å². The number of fused-ring (bicyclic) bond motifs is 1. The quantitative estimate of drug-likeness (QED) is 0.451. The molecule has 0 spiro atoms. The highest BCUT2D eigenvalue weighted by Crippen LogP contribution is 2.39. The lowest BCUT2D eigenvalue weighted by Gasteiger charge is -2.19. The number of carbonyl (C=O) groups excluding carboxylic acids is 3. The Morgan fingerprint density at radius 1 is 1.19 bits per heavy atom. The molecule has 3 rings (SSSR count). The number of ether oxygens (including phenoxy) is 2. The highest BCUT2D eigenvalue weighted by atomic mass is 19.1. The first kappa shape index (κ1) is 21.8. The summed E-state index contributed by atoms with van der Waals surface area (Å²) in [6.45, 7) is 3.30. The summed E-state index contributed by atoms with van der Waals surface area (Å²) in [5, 5.41) is 3.15. The maximum atomic E-state index is 13.4. The van der Waals surface area contributed by atoms with Gasteiger partial charge in [0.05, 0.1) is 13.2 Å². The average molecular weight is 428 g/mol. The molecule has 1 aromatic heterocycles. The van der Waals surface area contributed by atoms with E-state index in [9.17, 15) is 18.8 Å². The van der Waals surface area contributed by atoms with E-state index in [1.165, 1.54) is 38.3 Å². The van der Waals surface area contributed by atoms with E-state index < -0.39 is 17.9 Å². The van der Waals surface area contributed by atoms with Crippen LogP contribution in [0, 0.1) is 5.82 Å². The molecule has 3 N–H and O–H groups in total. The van der Waals surface area contributed by atoms with Crippen molar-refractivity contribution in [2.24, 2.45) is 5.73 Å². The third-order valence-corrected chi connectivity index (χ3v) is 4.71. The molecule has 3 aromatic rings. The number of hydrogen-bond acceptors (Lipinski definition) is 6. The molecule has 0 saturated heterocycles.